The van der Waals surface area contributed by atoms with Crippen molar-refractivity contribution < 1.29 is 34.8 Å². The van der Waals surface area contributed by atoms with Gasteiger partial charge in [0.2, 0.25) is 0 Å². The van der Waals surface area contributed by atoms with Crippen molar-refractivity contribution in [1.82, 2.24) is 4.31 Å². The summed E-state index contributed by atoms with van der Waals surface area (Å²) in [5, 5.41) is 38.6. The number of carbonyl (C=O) groups excluding carboxylic acids is 2. The van der Waals surface area contributed by atoms with Crippen LogP contribution in [-0.4, -0.2) is 73.0 Å². The van der Waals surface area contributed by atoms with Crippen molar-refractivity contribution in [3.05, 3.63) is 35.4 Å². The van der Waals surface area contributed by atoms with Crippen LogP contribution < -0.4 is 0 Å². The van der Waals surface area contributed by atoms with E-state index in [0.717, 1.165) is 4.31 Å². The molecule has 0 saturated carbocycles. The highest BCUT2D eigenvalue weighted by Gasteiger charge is 2.47. The van der Waals surface area contributed by atoms with Crippen molar-refractivity contribution in [3.63, 3.8) is 0 Å². The Labute approximate surface area is 135 Å². The van der Waals surface area contributed by atoms with E-state index in [9.17, 15) is 24.9 Å². The lowest BCUT2D eigenvalue weighted by atomic mass is 10.0. The molecule has 5 atom stereocenters. The van der Waals surface area contributed by atoms with Crippen LogP contribution in [-0.2, 0) is 4.74 Å². The number of rotatable bonds is 3. The lowest BCUT2D eigenvalue weighted by Gasteiger charge is -2.40. The van der Waals surface area contributed by atoms with Gasteiger partial charge in [0.05, 0.1) is 17.7 Å². The van der Waals surface area contributed by atoms with Crippen LogP contribution in [0.5, 0.6) is 0 Å². The number of amides is 2. The van der Waals surface area contributed by atoms with E-state index >= 15 is 0 Å². The molecule has 2 aliphatic heterocycles. The number of carbonyl (C=O) groups is 2. The van der Waals surface area contributed by atoms with Crippen LogP contribution in [0.4, 0.5) is 0 Å². The molecule has 2 amide bonds. The number of benzene rings is 1. The average molecular weight is 341 g/mol. The highest BCUT2D eigenvalue weighted by atomic mass is 32.2. The maximum absolute atomic E-state index is 12.3. The predicted molar refractivity (Wildman–Crippen MR) is 78.3 cm³/mol. The minimum Gasteiger partial charge on any atom is -0.394 e. The summed E-state index contributed by atoms with van der Waals surface area (Å²) >= 11 is 0.614. The van der Waals surface area contributed by atoms with Gasteiger partial charge in [-0.05, 0) is 24.1 Å². The molecule has 4 N–H and O–H groups in total. The highest BCUT2D eigenvalue weighted by molar-refractivity contribution is 7.98. The minimum absolute atomic E-state index is 0.245. The molecule has 0 aliphatic carbocycles. The summed E-state index contributed by atoms with van der Waals surface area (Å²) in [6.45, 7) is -0.579. The van der Waals surface area contributed by atoms with E-state index in [4.69, 9.17) is 9.84 Å². The van der Waals surface area contributed by atoms with Crippen LogP contribution in [0.3, 0.4) is 0 Å². The van der Waals surface area contributed by atoms with Gasteiger partial charge in [-0.1, -0.05) is 12.1 Å². The molecular formula is C14H15NO7S. The van der Waals surface area contributed by atoms with Crippen LogP contribution >= 0.6 is 11.9 Å². The van der Waals surface area contributed by atoms with E-state index in [-0.39, 0.29) is 11.1 Å². The van der Waals surface area contributed by atoms with Gasteiger partial charge in [-0.3, -0.25) is 9.59 Å². The van der Waals surface area contributed by atoms with Gasteiger partial charge in [0.25, 0.3) is 11.8 Å². The summed E-state index contributed by atoms with van der Waals surface area (Å²) in [5.74, 6) is -1.10. The molecule has 9 heteroatoms. The van der Waals surface area contributed by atoms with Crippen LogP contribution in [0.1, 0.15) is 20.7 Å². The van der Waals surface area contributed by atoms with Crippen LogP contribution in [0.25, 0.3) is 0 Å². The third-order valence-electron chi connectivity index (χ3n) is 3.81. The summed E-state index contributed by atoms with van der Waals surface area (Å²) < 4.78 is 6.14. The smallest absolute Gasteiger partial charge is 0.271 e. The first-order chi connectivity index (χ1) is 11.0. The van der Waals surface area contributed by atoms with Gasteiger partial charge in [-0.2, -0.15) is 0 Å². The molecule has 0 unspecified atom stereocenters. The van der Waals surface area contributed by atoms with E-state index in [1.54, 1.807) is 12.1 Å². The summed E-state index contributed by atoms with van der Waals surface area (Å²) in [4.78, 5) is 24.5. The second kappa shape index (κ2) is 6.19. The van der Waals surface area contributed by atoms with Crippen LogP contribution in [0, 0.1) is 0 Å². The maximum Gasteiger partial charge on any atom is 0.271 e. The minimum atomic E-state index is -1.56. The normalized spacial score (nSPS) is 33.9. The second-order valence-corrected chi connectivity index (χ2v) is 6.29. The molecule has 23 heavy (non-hydrogen) atoms. The first-order valence-electron chi connectivity index (χ1n) is 6.90. The Balaban J connectivity index is 1.80. The number of ether oxygens (including phenoxy) is 1. The number of hydrogen-bond donors (Lipinski definition) is 4. The summed E-state index contributed by atoms with van der Waals surface area (Å²) in [5.41, 5.74) is -0.697. The van der Waals surface area contributed by atoms with Gasteiger partial charge in [0.15, 0.2) is 5.44 Å². The Hall–Kier alpha value is -1.49. The summed E-state index contributed by atoms with van der Waals surface area (Å²) in [6.07, 6.45) is -5.68. The van der Waals surface area contributed by atoms with E-state index in [0.29, 0.717) is 11.9 Å². The average Bonchev–Trinajstić information content (AvgIpc) is 2.80. The predicted octanol–water partition coefficient (Wildman–Crippen LogP) is -1.27. The first kappa shape index (κ1) is 16.4. The van der Waals surface area contributed by atoms with E-state index in [2.05, 4.69) is 0 Å². The molecule has 0 radical (unpaired) electrons. The lowest BCUT2D eigenvalue weighted by molar-refractivity contribution is -0.206. The SMILES string of the molecule is O=C1c2ccccc2C(=O)N1S[C@@H]1O[C@H](CO)[C@H](O)[C@H](O)[C@H]1O. The largest absolute Gasteiger partial charge is 0.394 e. The number of hydrogen-bond acceptors (Lipinski definition) is 8. The molecule has 0 spiro atoms. The zero-order chi connectivity index (χ0) is 16.7. The number of aliphatic hydroxyl groups is 4. The van der Waals surface area contributed by atoms with Crippen molar-refractivity contribution in [2.24, 2.45) is 0 Å². The first-order valence-corrected chi connectivity index (χ1v) is 7.74. The molecule has 1 aromatic rings. The molecule has 124 valence electrons. The molecule has 3 rings (SSSR count). The van der Waals surface area contributed by atoms with E-state index in [1.165, 1.54) is 12.1 Å². The summed E-state index contributed by atoms with van der Waals surface area (Å²) in [7, 11) is 0. The topological polar surface area (TPSA) is 128 Å². The van der Waals surface area contributed by atoms with Crippen molar-refractivity contribution >= 4 is 23.8 Å². The van der Waals surface area contributed by atoms with Gasteiger partial charge in [-0.25, -0.2) is 4.31 Å². The number of aliphatic hydroxyl groups excluding tert-OH is 4. The fourth-order valence-electron chi connectivity index (χ4n) is 2.52. The van der Waals surface area contributed by atoms with Crippen molar-refractivity contribution in [1.29, 1.82) is 0 Å². The molecule has 1 aromatic carbocycles. The number of imide groups is 1. The van der Waals surface area contributed by atoms with Crippen LogP contribution in [0.2, 0.25) is 0 Å². The van der Waals surface area contributed by atoms with E-state index < -0.39 is 48.3 Å². The van der Waals surface area contributed by atoms with Crippen LogP contribution in [0.15, 0.2) is 24.3 Å². The number of fused-ring (bicyclic) bond motifs is 1. The lowest BCUT2D eigenvalue weighted by Crippen LogP contribution is -2.58. The quantitative estimate of drug-likeness (QED) is 0.396. The van der Waals surface area contributed by atoms with Gasteiger partial charge >= 0.3 is 0 Å². The van der Waals surface area contributed by atoms with Crippen molar-refractivity contribution in [3.8, 4) is 0 Å². The Kier molecular flexibility index (Phi) is 4.41. The molecule has 2 heterocycles. The Bertz CT molecular complexity index is 602. The zero-order valence-corrected chi connectivity index (χ0v) is 12.6. The molecular weight excluding hydrogens is 326 g/mol. The Morgan fingerprint density at radius 3 is 2.09 bits per heavy atom. The summed E-state index contributed by atoms with van der Waals surface area (Å²) in [6, 6.07) is 6.30. The Morgan fingerprint density at radius 2 is 1.57 bits per heavy atom. The highest BCUT2D eigenvalue weighted by Crippen LogP contribution is 2.35. The fraction of sp³-hybridized carbons (Fsp3) is 0.429. The maximum atomic E-state index is 12.3. The molecule has 0 bridgehead atoms. The standard InChI is InChI=1S/C14H15NO7S/c16-5-8-9(17)10(18)11(19)14(22-8)23-15-12(20)6-3-1-2-4-7(6)13(15)21/h1-4,8-11,14,16-19H,5H2/t8-,9+,10+,11-,14+/m1/s1. The van der Waals surface area contributed by atoms with Crippen molar-refractivity contribution in [2.75, 3.05) is 6.61 Å². The van der Waals surface area contributed by atoms with Gasteiger partial charge < -0.3 is 25.2 Å². The van der Waals surface area contributed by atoms with Gasteiger partial charge in [-0.15, -0.1) is 0 Å². The van der Waals surface area contributed by atoms with Gasteiger partial charge in [0.1, 0.15) is 24.4 Å². The number of nitrogens with zero attached hydrogens (tertiary/aromatic N) is 1. The molecule has 0 aromatic heterocycles. The molecule has 2 aliphatic rings. The fourth-order valence-corrected chi connectivity index (χ4v) is 3.60. The zero-order valence-electron chi connectivity index (χ0n) is 11.8. The van der Waals surface area contributed by atoms with Gasteiger partial charge in [0, 0.05) is 0 Å². The Morgan fingerprint density at radius 1 is 1.00 bits per heavy atom. The third kappa shape index (κ3) is 2.65. The van der Waals surface area contributed by atoms with Crippen molar-refractivity contribution in [2.45, 2.75) is 29.9 Å². The third-order valence-corrected chi connectivity index (χ3v) is 4.95. The van der Waals surface area contributed by atoms with E-state index in [1.807, 2.05) is 0 Å². The molecule has 8 nitrogen and oxygen atoms in total. The molecule has 1 saturated heterocycles. The monoisotopic (exact) mass is 341 g/mol. The molecule has 1 fully saturated rings. The second-order valence-electron chi connectivity index (χ2n) is 5.25.